The van der Waals surface area contributed by atoms with E-state index in [0.717, 1.165) is 19.0 Å². The molecule has 1 rings (SSSR count). The highest BCUT2D eigenvalue weighted by molar-refractivity contribution is 7.99. The summed E-state index contributed by atoms with van der Waals surface area (Å²) < 4.78 is 10.3. The molecule has 0 saturated carbocycles. The normalized spacial score (nSPS) is 20.4. The molecule has 0 N–H and O–H groups in total. The first-order valence-electron chi connectivity index (χ1n) is 2.89. The first-order valence-corrected chi connectivity index (χ1v) is 3.94. The quantitative estimate of drug-likeness (QED) is 0.558. The van der Waals surface area contributed by atoms with Crippen molar-refractivity contribution in [2.45, 2.75) is 5.62 Å². The molecule has 2 nitrogen and oxygen atoms in total. The summed E-state index contributed by atoms with van der Waals surface area (Å²) in [6.45, 7) is 5.05. The van der Waals surface area contributed by atoms with Crippen molar-refractivity contribution < 1.29 is 9.47 Å². The van der Waals surface area contributed by atoms with Gasteiger partial charge in [0.2, 0.25) is 5.62 Å². The fraction of sp³-hybridized carbons (Fsp3) is 0.667. The molecule has 0 amide bonds. The molecular formula is C6H10O2S. The van der Waals surface area contributed by atoms with Gasteiger partial charge in [0.15, 0.2) is 0 Å². The van der Waals surface area contributed by atoms with Crippen molar-refractivity contribution in [2.24, 2.45) is 0 Å². The highest BCUT2D eigenvalue weighted by Crippen LogP contribution is 2.17. The van der Waals surface area contributed by atoms with Crippen LogP contribution in [0.2, 0.25) is 0 Å². The summed E-state index contributed by atoms with van der Waals surface area (Å²) >= 11 is 1.62. The predicted octanol–water partition coefficient (Wildman–Crippen LogP) is 1.24. The van der Waals surface area contributed by atoms with Crippen LogP contribution in [0.3, 0.4) is 0 Å². The van der Waals surface area contributed by atoms with Crippen LogP contribution in [0.25, 0.3) is 0 Å². The average Bonchev–Trinajstić information content (AvgIpc) is 2.34. The van der Waals surface area contributed by atoms with Gasteiger partial charge in [-0.25, -0.2) is 0 Å². The summed E-state index contributed by atoms with van der Waals surface area (Å²) in [7, 11) is 0. The van der Waals surface area contributed by atoms with Gasteiger partial charge in [-0.15, -0.1) is 6.58 Å². The van der Waals surface area contributed by atoms with Gasteiger partial charge < -0.3 is 9.47 Å². The monoisotopic (exact) mass is 146 g/mol. The Bertz CT molecular complexity index is 89.1. The molecule has 1 heterocycles. The van der Waals surface area contributed by atoms with E-state index in [0.29, 0.717) is 0 Å². The van der Waals surface area contributed by atoms with Crippen LogP contribution in [-0.2, 0) is 9.47 Å². The van der Waals surface area contributed by atoms with Crippen LogP contribution in [0.5, 0.6) is 0 Å². The smallest absolute Gasteiger partial charge is 0.207 e. The zero-order valence-electron chi connectivity index (χ0n) is 5.21. The van der Waals surface area contributed by atoms with E-state index in [1.54, 1.807) is 11.8 Å². The molecule has 3 heteroatoms. The fourth-order valence-electron chi connectivity index (χ4n) is 0.580. The van der Waals surface area contributed by atoms with E-state index in [1.165, 1.54) is 0 Å². The van der Waals surface area contributed by atoms with Crippen LogP contribution in [-0.4, -0.2) is 24.6 Å². The Balaban J connectivity index is 2.04. The first kappa shape index (κ1) is 7.12. The van der Waals surface area contributed by atoms with Gasteiger partial charge in [-0.05, 0) is 0 Å². The third-order valence-electron chi connectivity index (χ3n) is 0.941. The largest absolute Gasteiger partial charge is 0.341 e. The lowest BCUT2D eigenvalue weighted by atomic mass is 10.8. The summed E-state index contributed by atoms with van der Waals surface area (Å²) in [5.41, 5.74) is -0.0389. The number of thioether (sulfide) groups is 1. The highest BCUT2D eigenvalue weighted by Gasteiger charge is 2.14. The van der Waals surface area contributed by atoms with Crippen LogP contribution in [0.15, 0.2) is 12.7 Å². The second-order valence-electron chi connectivity index (χ2n) is 1.65. The van der Waals surface area contributed by atoms with E-state index in [-0.39, 0.29) is 5.62 Å². The van der Waals surface area contributed by atoms with Gasteiger partial charge in [0.1, 0.15) is 0 Å². The lowest BCUT2D eigenvalue weighted by Gasteiger charge is -2.04. The zero-order valence-corrected chi connectivity index (χ0v) is 6.02. The summed E-state index contributed by atoms with van der Waals surface area (Å²) in [6, 6.07) is 0. The number of rotatable bonds is 3. The van der Waals surface area contributed by atoms with Gasteiger partial charge in [-0.1, -0.05) is 17.8 Å². The highest BCUT2D eigenvalue weighted by atomic mass is 32.2. The van der Waals surface area contributed by atoms with E-state index in [1.807, 2.05) is 6.08 Å². The molecule has 0 aromatic carbocycles. The molecule has 0 unspecified atom stereocenters. The molecule has 0 atom stereocenters. The Morgan fingerprint density at radius 1 is 1.56 bits per heavy atom. The van der Waals surface area contributed by atoms with Crippen LogP contribution in [0.1, 0.15) is 0 Å². The maximum Gasteiger partial charge on any atom is 0.207 e. The Hall–Kier alpha value is 0.01000. The minimum Gasteiger partial charge on any atom is -0.341 e. The molecular weight excluding hydrogens is 136 g/mol. The van der Waals surface area contributed by atoms with Crippen molar-refractivity contribution in [3.8, 4) is 0 Å². The van der Waals surface area contributed by atoms with Gasteiger partial charge in [-0.2, -0.15) is 0 Å². The molecule has 1 aliphatic heterocycles. The Labute approximate surface area is 59.2 Å². The summed E-state index contributed by atoms with van der Waals surface area (Å²) in [5.74, 6) is 0.894. The van der Waals surface area contributed by atoms with Crippen molar-refractivity contribution >= 4 is 11.8 Å². The lowest BCUT2D eigenvalue weighted by molar-refractivity contribution is 0.0347. The summed E-state index contributed by atoms with van der Waals surface area (Å²) in [5, 5.41) is 0. The van der Waals surface area contributed by atoms with Crippen molar-refractivity contribution in [3.63, 3.8) is 0 Å². The van der Waals surface area contributed by atoms with E-state index in [2.05, 4.69) is 6.58 Å². The second-order valence-corrected chi connectivity index (χ2v) is 2.70. The molecule has 0 aromatic heterocycles. The van der Waals surface area contributed by atoms with E-state index < -0.39 is 0 Å². The third-order valence-corrected chi connectivity index (χ3v) is 1.91. The Morgan fingerprint density at radius 2 is 2.22 bits per heavy atom. The first-order chi connectivity index (χ1) is 4.43. The van der Waals surface area contributed by atoms with Gasteiger partial charge in [0.05, 0.1) is 13.2 Å². The zero-order chi connectivity index (χ0) is 6.53. The molecule has 1 aliphatic rings. The van der Waals surface area contributed by atoms with E-state index in [4.69, 9.17) is 9.47 Å². The maximum atomic E-state index is 5.15. The molecule has 0 radical (unpaired) electrons. The maximum absolute atomic E-state index is 5.15. The third kappa shape index (κ3) is 2.39. The van der Waals surface area contributed by atoms with Crippen molar-refractivity contribution in [1.29, 1.82) is 0 Å². The summed E-state index contributed by atoms with van der Waals surface area (Å²) in [6.07, 6.45) is 1.84. The van der Waals surface area contributed by atoms with Crippen LogP contribution in [0, 0.1) is 0 Å². The molecule has 0 aliphatic carbocycles. The predicted molar refractivity (Wildman–Crippen MR) is 38.3 cm³/mol. The molecule has 9 heavy (non-hydrogen) atoms. The minimum absolute atomic E-state index is 0.0389. The average molecular weight is 146 g/mol. The van der Waals surface area contributed by atoms with E-state index >= 15 is 0 Å². The minimum atomic E-state index is -0.0389. The van der Waals surface area contributed by atoms with Crippen LogP contribution in [0.4, 0.5) is 0 Å². The standard InChI is InChI=1S/C6H10O2S/c1-2-5-9-6-7-3-4-8-6/h2,6H,1,3-5H2. The Morgan fingerprint density at radius 3 is 2.78 bits per heavy atom. The van der Waals surface area contributed by atoms with Gasteiger partial charge in [-0.3, -0.25) is 0 Å². The molecule has 0 aromatic rings. The van der Waals surface area contributed by atoms with Crippen molar-refractivity contribution in [2.75, 3.05) is 19.0 Å². The Kier molecular flexibility index (Phi) is 3.11. The number of hydrogen-bond donors (Lipinski definition) is 0. The number of hydrogen-bond acceptors (Lipinski definition) is 3. The molecule has 0 spiro atoms. The van der Waals surface area contributed by atoms with Gasteiger partial charge in [0, 0.05) is 5.75 Å². The molecule has 1 fully saturated rings. The van der Waals surface area contributed by atoms with Crippen LogP contribution >= 0.6 is 11.8 Å². The lowest BCUT2D eigenvalue weighted by Crippen LogP contribution is -2.00. The number of ether oxygens (including phenoxy) is 2. The molecule has 1 saturated heterocycles. The van der Waals surface area contributed by atoms with Crippen molar-refractivity contribution in [1.82, 2.24) is 0 Å². The SMILES string of the molecule is C=CCSC1OCCO1. The second kappa shape index (κ2) is 3.93. The van der Waals surface area contributed by atoms with E-state index in [9.17, 15) is 0 Å². The fourth-order valence-corrected chi connectivity index (χ4v) is 1.26. The molecule has 0 bridgehead atoms. The van der Waals surface area contributed by atoms with Crippen molar-refractivity contribution in [3.05, 3.63) is 12.7 Å². The topological polar surface area (TPSA) is 18.5 Å². The van der Waals surface area contributed by atoms with Gasteiger partial charge in [0.25, 0.3) is 0 Å². The van der Waals surface area contributed by atoms with Gasteiger partial charge >= 0.3 is 0 Å². The molecule has 52 valence electrons. The summed E-state index contributed by atoms with van der Waals surface area (Å²) in [4.78, 5) is 0. The van der Waals surface area contributed by atoms with Crippen LogP contribution < -0.4 is 0 Å².